The minimum Gasteiger partial charge on any atom is -0.455 e. The normalized spacial score (nSPS) is 12.1. The van der Waals surface area contributed by atoms with E-state index in [4.69, 9.17) is 16.3 Å². The number of aryl methyl sites for hydroxylation is 1. The van der Waals surface area contributed by atoms with Crippen LogP contribution in [0.1, 0.15) is 43.7 Å². The average molecular weight is 814 g/mol. The van der Waals surface area contributed by atoms with Crippen molar-refractivity contribution in [1.29, 1.82) is 0 Å². The Morgan fingerprint density at radius 2 is 1.58 bits per heavy atom. The number of halogens is 1. The summed E-state index contributed by atoms with van der Waals surface area (Å²) in [5.41, 5.74) is 1.66. The zero-order chi connectivity index (χ0) is 41.2. The summed E-state index contributed by atoms with van der Waals surface area (Å²) in [5, 5.41) is 16.6. The Balaban J connectivity index is 1.36. The molecule has 2 aromatic heterocycles. The Bertz CT molecular complexity index is 2610. The molecule has 4 aromatic carbocycles. The lowest BCUT2D eigenvalue weighted by Gasteiger charge is -2.28. The highest BCUT2D eigenvalue weighted by atomic mass is 35.5. The summed E-state index contributed by atoms with van der Waals surface area (Å²) in [4.78, 5) is 58.1. The van der Waals surface area contributed by atoms with Gasteiger partial charge in [-0.2, -0.15) is 13.1 Å². The molecule has 6 rings (SSSR count). The molecule has 3 amide bonds. The molecule has 1 atom stereocenters. The molecular weight excluding hydrogens is 778 g/mol. The van der Waals surface area contributed by atoms with Gasteiger partial charge in [-0.05, 0) is 118 Å². The van der Waals surface area contributed by atoms with Crippen molar-refractivity contribution >= 4 is 84.9 Å². The Morgan fingerprint density at radius 3 is 2.25 bits per heavy atom. The third kappa shape index (κ3) is 9.26. The number of H-pyrrole nitrogens is 1. The highest BCUT2D eigenvalue weighted by molar-refractivity contribution is 7.87. The van der Waals surface area contributed by atoms with Gasteiger partial charge in [0.1, 0.15) is 23.7 Å². The predicted molar refractivity (Wildman–Crippen MR) is 212 cm³/mol. The Hall–Kier alpha value is -6.63. The van der Waals surface area contributed by atoms with Gasteiger partial charge in [-0.25, -0.2) is 9.10 Å². The first-order chi connectivity index (χ1) is 26.9. The molecule has 19 heteroatoms. The summed E-state index contributed by atoms with van der Waals surface area (Å²) in [6.45, 7) is 8.39. The van der Waals surface area contributed by atoms with Crippen molar-refractivity contribution in [2.24, 2.45) is 0 Å². The first-order valence-corrected chi connectivity index (χ1v) is 18.9. The van der Waals surface area contributed by atoms with E-state index in [1.807, 2.05) is 6.92 Å². The van der Waals surface area contributed by atoms with Gasteiger partial charge in [-0.3, -0.25) is 23.8 Å². The number of benzene rings is 4. The van der Waals surface area contributed by atoms with Crippen LogP contribution in [0.5, 0.6) is 0 Å². The number of aromatic amines is 1. The summed E-state index contributed by atoms with van der Waals surface area (Å²) < 4.78 is 43.4. The van der Waals surface area contributed by atoms with E-state index in [0.29, 0.717) is 20.9 Å². The maximum Gasteiger partial charge on any atom is 0.364 e. The second-order valence-electron chi connectivity index (χ2n) is 13.8. The quantitative estimate of drug-likeness (QED) is 0.0734. The van der Waals surface area contributed by atoms with Crippen LogP contribution in [0, 0.1) is 6.92 Å². The second-order valence-corrected chi connectivity index (χ2v) is 15.5. The Kier molecular flexibility index (Phi) is 11.1. The molecular formula is C38H36ClN9O8S. The molecule has 294 valence electrons. The number of nitrogens with zero attached hydrogens (tertiary/aromatic N) is 6. The van der Waals surface area contributed by atoms with Crippen molar-refractivity contribution < 1.29 is 36.9 Å². The van der Waals surface area contributed by atoms with Gasteiger partial charge in [0.2, 0.25) is 0 Å². The van der Waals surface area contributed by atoms with Crippen LogP contribution >= 0.6 is 11.6 Å². The molecule has 4 N–H and O–H groups in total. The van der Waals surface area contributed by atoms with E-state index in [1.165, 1.54) is 77.4 Å². The van der Waals surface area contributed by atoms with Crippen LogP contribution in [0.25, 0.3) is 16.6 Å². The van der Waals surface area contributed by atoms with Gasteiger partial charge in [0.15, 0.2) is 0 Å². The maximum absolute atomic E-state index is 14.5. The third-order valence-electron chi connectivity index (χ3n) is 8.25. The molecule has 6 aromatic rings. The molecule has 0 spiro atoms. The molecule has 0 aliphatic heterocycles. The molecule has 0 bridgehead atoms. The fourth-order valence-electron chi connectivity index (χ4n) is 5.74. The smallest absolute Gasteiger partial charge is 0.364 e. The highest BCUT2D eigenvalue weighted by Crippen LogP contribution is 2.36. The number of nitrogens with one attached hydrogen (secondary N) is 3. The number of fused-ring (bicyclic) bond motifs is 1. The van der Waals surface area contributed by atoms with E-state index in [2.05, 4.69) is 31.1 Å². The van der Waals surface area contributed by atoms with E-state index < -0.39 is 45.6 Å². The van der Waals surface area contributed by atoms with Gasteiger partial charge in [0.25, 0.3) is 5.91 Å². The van der Waals surface area contributed by atoms with Crippen molar-refractivity contribution in [3.05, 3.63) is 114 Å². The van der Waals surface area contributed by atoms with E-state index in [1.54, 1.807) is 57.2 Å². The lowest BCUT2D eigenvalue weighted by molar-refractivity contribution is -0.137. The van der Waals surface area contributed by atoms with Crippen molar-refractivity contribution in [3.8, 4) is 5.69 Å². The monoisotopic (exact) mass is 813 g/mol. The van der Waals surface area contributed by atoms with Crippen LogP contribution in [0.2, 0.25) is 5.02 Å². The zero-order valence-corrected chi connectivity index (χ0v) is 32.7. The van der Waals surface area contributed by atoms with Gasteiger partial charge < -0.3 is 20.4 Å². The van der Waals surface area contributed by atoms with Crippen molar-refractivity contribution in [2.75, 3.05) is 14.5 Å². The molecule has 1 unspecified atom stereocenters. The minimum atomic E-state index is -4.89. The lowest BCUT2D eigenvalue weighted by Crippen LogP contribution is -2.48. The number of aromatic nitrogens is 5. The molecule has 2 heterocycles. The van der Waals surface area contributed by atoms with Crippen LogP contribution in [-0.2, 0) is 29.4 Å². The van der Waals surface area contributed by atoms with Crippen LogP contribution in [0.4, 0.5) is 28.4 Å². The third-order valence-corrected chi connectivity index (χ3v) is 9.37. The van der Waals surface area contributed by atoms with Crippen LogP contribution in [0.15, 0.2) is 97.3 Å². The summed E-state index contributed by atoms with van der Waals surface area (Å²) in [6, 6.07) is 21.6. The minimum absolute atomic E-state index is 0.0254. The number of ether oxygens (including phenoxy) is 1. The molecule has 0 aliphatic carbocycles. The van der Waals surface area contributed by atoms with Gasteiger partial charge in [0.05, 0.1) is 28.4 Å². The zero-order valence-electron chi connectivity index (χ0n) is 31.1. The molecule has 0 saturated carbocycles. The van der Waals surface area contributed by atoms with Crippen molar-refractivity contribution in [1.82, 2.24) is 30.5 Å². The first-order valence-electron chi connectivity index (χ1n) is 17.2. The SMILES string of the molecule is Cc1ccc(N(c2cccc(N(C(=O)C(C)NC(=O)C(=O)Nc3cc(Cl)ccc3-n3cnnn3)c3ccc4[nH]c(C(=O)OC(C)(C)C)cc4c3)c2)S(=O)(=O)O)cc1. The summed E-state index contributed by atoms with van der Waals surface area (Å²) >= 11 is 6.16. The van der Waals surface area contributed by atoms with Crippen molar-refractivity contribution in [2.45, 2.75) is 46.3 Å². The van der Waals surface area contributed by atoms with E-state index >= 15 is 0 Å². The number of rotatable bonds is 10. The molecule has 0 fully saturated rings. The number of hydrogen-bond acceptors (Lipinski definition) is 10. The number of carbonyl (C=O) groups is 4. The number of hydrogen-bond donors (Lipinski definition) is 4. The highest BCUT2D eigenvalue weighted by Gasteiger charge is 2.30. The fraction of sp³-hybridized carbons (Fsp3) is 0.184. The van der Waals surface area contributed by atoms with E-state index in [0.717, 1.165) is 5.56 Å². The van der Waals surface area contributed by atoms with Gasteiger partial charge in [-0.1, -0.05) is 35.4 Å². The fourth-order valence-corrected chi connectivity index (χ4v) is 6.68. The maximum atomic E-state index is 14.5. The first kappa shape index (κ1) is 40.0. The topological polar surface area (TPSA) is 222 Å². The van der Waals surface area contributed by atoms with Crippen molar-refractivity contribution in [3.63, 3.8) is 0 Å². The summed E-state index contributed by atoms with van der Waals surface area (Å²) in [5.74, 6) is -3.65. The number of tetrazole rings is 1. The number of amides is 3. The van der Waals surface area contributed by atoms with Crippen LogP contribution in [-0.4, -0.2) is 73.5 Å². The Morgan fingerprint density at radius 1 is 0.895 bits per heavy atom. The molecule has 17 nitrogen and oxygen atoms in total. The van der Waals surface area contributed by atoms with Gasteiger partial charge in [0, 0.05) is 21.6 Å². The standard InChI is InChI=1S/C38H36ClN9O8S/c1-22-9-12-26(13-10-22)48(57(53,54)55)29-8-6-7-27(20-29)47(28-14-15-30-24(17-28)18-32(42-30)37(52)56-38(3,4)5)36(51)23(2)41-34(49)35(50)43-31-19-25(39)11-16-33(31)46-21-40-44-45-46/h6-21,23,42H,1-5H3,(H,41,49)(H,43,50)(H,53,54,55). The molecule has 0 radical (unpaired) electrons. The largest absolute Gasteiger partial charge is 0.455 e. The average Bonchev–Trinajstić information content (AvgIpc) is 3.83. The lowest BCUT2D eigenvalue weighted by atomic mass is 10.1. The van der Waals surface area contributed by atoms with E-state index in [9.17, 15) is 32.1 Å². The summed E-state index contributed by atoms with van der Waals surface area (Å²) in [7, 11) is -4.89. The predicted octanol–water partition coefficient (Wildman–Crippen LogP) is 5.81. The van der Waals surface area contributed by atoms with Gasteiger partial charge >= 0.3 is 28.1 Å². The molecule has 57 heavy (non-hydrogen) atoms. The van der Waals surface area contributed by atoms with Crippen LogP contribution < -0.4 is 19.8 Å². The van der Waals surface area contributed by atoms with Crippen LogP contribution in [0.3, 0.4) is 0 Å². The summed E-state index contributed by atoms with van der Waals surface area (Å²) in [6.07, 6.45) is 1.28. The Labute approximate surface area is 331 Å². The number of esters is 1. The van der Waals surface area contributed by atoms with E-state index in [-0.39, 0.29) is 39.2 Å². The second kappa shape index (κ2) is 15.8. The number of anilines is 5. The molecule has 0 saturated heterocycles. The number of carbonyl (C=O) groups excluding carboxylic acids is 4. The molecule has 0 aliphatic rings. The van der Waals surface area contributed by atoms with Gasteiger partial charge in [-0.15, -0.1) is 5.10 Å².